The minimum absolute atomic E-state index is 0.00108. The fraction of sp³-hybridized carbons (Fsp3) is 0.333. The van der Waals surface area contributed by atoms with E-state index in [1.54, 1.807) is 6.92 Å². The largest absolute Gasteiger partial charge is 0.496 e. The van der Waals surface area contributed by atoms with E-state index in [0.29, 0.717) is 0 Å². The van der Waals surface area contributed by atoms with Gasteiger partial charge in [0.05, 0.1) is 19.4 Å². The Bertz CT molecular complexity index is 639. The number of sulfonamides is 1. The highest BCUT2D eigenvalue weighted by Gasteiger charge is 2.19. The molecule has 0 spiro atoms. The van der Waals surface area contributed by atoms with Gasteiger partial charge in [-0.15, -0.1) is 0 Å². The first-order valence-corrected chi connectivity index (χ1v) is 7.51. The Morgan fingerprint density at radius 2 is 2.00 bits per heavy atom. The maximum absolute atomic E-state index is 11.7. The van der Waals surface area contributed by atoms with Gasteiger partial charge in [0.1, 0.15) is 11.3 Å². The van der Waals surface area contributed by atoms with Crippen LogP contribution in [0.5, 0.6) is 5.75 Å². The summed E-state index contributed by atoms with van der Waals surface area (Å²) < 4.78 is 35.0. The molecule has 0 atom stereocenters. The summed E-state index contributed by atoms with van der Waals surface area (Å²) >= 11 is 0. The predicted octanol–water partition coefficient (Wildman–Crippen LogP) is 0.698. The van der Waals surface area contributed by atoms with Crippen LogP contribution < -0.4 is 9.46 Å². The number of aromatic carboxylic acids is 1. The van der Waals surface area contributed by atoms with Crippen LogP contribution in [0.2, 0.25) is 0 Å². The molecule has 21 heavy (non-hydrogen) atoms. The minimum atomic E-state index is -3.94. The number of esters is 1. The Kier molecular flexibility index (Phi) is 5.53. The molecule has 0 heterocycles. The Labute approximate surface area is 121 Å². The highest BCUT2D eigenvalue weighted by Crippen LogP contribution is 2.23. The number of anilines is 1. The monoisotopic (exact) mass is 317 g/mol. The smallest absolute Gasteiger partial charge is 0.339 e. The molecule has 0 bridgehead atoms. The van der Waals surface area contributed by atoms with Gasteiger partial charge in [0.15, 0.2) is 5.75 Å². The van der Waals surface area contributed by atoms with Crippen molar-refractivity contribution in [3.8, 4) is 5.75 Å². The molecule has 1 aromatic carbocycles. The van der Waals surface area contributed by atoms with Crippen LogP contribution in [0.25, 0.3) is 0 Å². The molecule has 0 aromatic heterocycles. The van der Waals surface area contributed by atoms with Crippen molar-refractivity contribution in [3.05, 3.63) is 23.8 Å². The number of benzene rings is 1. The van der Waals surface area contributed by atoms with Crippen LogP contribution in [-0.4, -0.2) is 44.9 Å². The molecule has 0 unspecified atom stereocenters. The number of hydrogen-bond acceptors (Lipinski definition) is 6. The van der Waals surface area contributed by atoms with Crippen LogP contribution in [-0.2, 0) is 19.6 Å². The van der Waals surface area contributed by atoms with Gasteiger partial charge in [0.25, 0.3) is 0 Å². The normalized spacial score (nSPS) is 10.8. The first-order valence-electron chi connectivity index (χ1n) is 5.86. The number of carbonyl (C=O) groups is 2. The van der Waals surface area contributed by atoms with Crippen molar-refractivity contribution in [2.45, 2.75) is 6.92 Å². The number of nitrogens with one attached hydrogen (secondary N) is 1. The second-order valence-electron chi connectivity index (χ2n) is 3.89. The maximum Gasteiger partial charge on any atom is 0.339 e. The third kappa shape index (κ3) is 4.95. The molecular weight excluding hydrogens is 302 g/mol. The molecule has 0 saturated carbocycles. The summed E-state index contributed by atoms with van der Waals surface area (Å²) in [6, 6.07) is 3.67. The molecule has 1 rings (SSSR count). The average molecular weight is 317 g/mol. The van der Waals surface area contributed by atoms with Crippen molar-refractivity contribution < 1.29 is 32.6 Å². The maximum atomic E-state index is 11.7. The molecule has 0 aliphatic rings. The van der Waals surface area contributed by atoms with Crippen LogP contribution in [0, 0.1) is 0 Å². The second kappa shape index (κ2) is 6.93. The lowest BCUT2D eigenvalue weighted by molar-refractivity contribution is -0.139. The lowest BCUT2D eigenvalue weighted by Crippen LogP contribution is -2.24. The molecule has 0 fully saturated rings. The van der Waals surface area contributed by atoms with Crippen LogP contribution in [0.15, 0.2) is 18.2 Å². The SMILES string of the molecule is CCOC(=O)CS(=O)(=O)Nc1ccc(C(=O)O)c(OC)c1. The summed E-state index contributed by atoms with van der Waals surface area (Å²) in [7, 11) is -2.68. The molecule has 0 amide bonds. The van der Waals surface area contributed by atoms with Gasteiger partial charge in [0, 0.05) is 6.07 Å². The van der Waals surface area contributed by atoms with E-state index in [1.165, 1.54) is 25.3 Å². The van der Waals surface area contributed by atoms with Gasteiger partial charge < -0.3 is 14.6 Å². The summed E-state index contributed by atoms with van der Waals surface area (Å²) in [4.78, 5) is 22.1. The second-order valence-corrected chi connectivity index (χ2v) is 5.61. The van der Waals surface area contributed by atoms with Crippen molar-refractivity contribution in [3.63, 3.8) is 0 Å². The van der Waals surface area contributed by atoms with Gasteiger partial charge in [0.2, 0.25) is 10.0 Å². The molecule has 8 nitrogen and oxygen atoms in total. The zero-order valence-corrected chi connectivity index (χ0v) is 12.3. The highest BCUT2D eigenvalue weighted by molar-refractivity contribution is 7.93. The number of methoxy groups -OCH3 is 1. The van der Waals surface area contributed by atoms with Crippen LogP contribution in [0.4, 0.5) is 5.69 Å². The summed E-state index contributed by atoms with van der Waals surface area (Å²) in [5.41, 5.74) is -0.0213. The first kappa shape index (κ1) is 16.8. The van der Waals surface area contributed by atoms with E-state index < -0.39 is 27.7 Å². The number of carboxylic acids is 1. The van der Waals surface area contributed by atoms with E-state index in [-0.39, 0.29) is 23.6 Å². The van der Waals surface area contributed by atoms with Crippen molar-refractivity contribution in [2.75, 3.05) is 24.2 Å². The van der Waals surface area contributed by atoms with Gasteiger partial charge in [-0.3, -0.25) is 9.52 Å². The zero-order chi connectivity index (χ0) is 16.0. The average Bonchev–Trinajstić information content (AvgIpc) is 2.37. The zero-order valence-electron chi connectivity index (χ0n) is 11.5. The Morgan fingerprint density at radius 1 is 1.33 bits per heavy atom. The van der Waals surface area contributed by atoms with Gasteiger partial charge in [-0.2, -0.15) is 0 Å². The molecule has 0 aliphatic carbocycles. The standard InChI is InChI=1S/C12H15NO7S/c1-3-20-11(14)7-21(17,18)13-8-4-5-9(12(15)16)10(6-8)19-2/h4-6,13H,3,7H2,1-2H3,(H,15,16). The summed E-state index contributed by atoms with van der Waals surface area (Å²) in [6.07, 6.45) is 0. The topological polar surface area (TPSA) is 119 Å². The van der Waals surface area contributed by atoms with Gasteiger partial charge in [-0.25, -0.2) is 13.2 Å². The van der Waals surface area contributed by atoms with Crippen molar-refractivity contribution in [1.82, 2.24) is 0 Å². The molecular formula is C12H15NO7S. The number of carboxylic acid groups (broad SMARTS) is 1. The quantitative estimate of drug-likeness (QED) is 0.710. The van der Waals surface area contributed by atoms with E-state index in [4.69, 9.17) is 9.84 Å². The van der Waals surface area contributed by atoms with Crippen LogP contribution >= 0.6 is 0 Å². The highest BCUT2D eigenvalue weighted by atomic mass is 32.2. The van der Waals surface area contributed by atoms with Crippen LogP contribution in [0.3, 0.4) is 0 Å². The Hall–Kier alpha value is -2.29. The molecule has 0 aliphatic heterocycles. The van der Waals surface area contributed by atoms with E-state index in [1.807, 2.05) is 0 Å². The summed E-state index contributed by atoms with van der Waals surface area (Å²) in [5, 5.41) is 8.92. The van der Waals surface area contributed by atoms with Crippen molar-refractivity contribution in [2.24, 2.45) is 0 Å². The number of ether oxygens (including phenoxy) is 2. The van der Waals surface area contributed by atoms with Crippen molar-refractivity contribution >= 4 is 27.6 Å². The molecule has 1 aromatic rings. The minimum Gasteiger partial charge on any atom is -0.496 e. The molecule has 9 heteroatoms. The number of carbonyl (C=O) groups excluding carboxylic acids is 1. The Balaban J connectivity index is 2.92. The third-order valence-electron chi connectivity index (χ3n) is 2.32. The Morgan fingerprint density at radius 3 is 2.52 bits per heavy atom. The lowest BCUT2D eigenvalue weighted by Gasteiger charge is -2.10. The predicted molar refractivity (Wildman–Crippen MR) is 74.0 cm³/mol. The number of hydrogen-bond donors (Lipinski definition) is 2. The molecule has 0 radical (unpaired) electrons. The molecule has 2 N–H and O–H groups in total. The van der Waals surface area contributed by atoms with E-state index in [2.05, 4.69) is 9.46 Å². The van der Waals surface area contributed by atoms with Gasteiger partial charge in [-0.05, 0) is 19.1 Å². The van der Waals surface area contributed by atoms with E-state index in [9.17, 15) is 18.0 Å². The lowest BCUT2D eigenvalue weighted by atomic mass is 10.2. The fourth-order valence-corrected chi connectivity index (χ4v) is 2.46. The summed E-state index contributed by atoms with van der Waals surface area (Å²) in [5.74, 6) is -2.91. The molecule has 116 valence electrons. The van der Waals surface area contributed by atoms with Crippen LogP contribution in [0.1, 0.15) is 17.3 Å². The number of rotatable bonds is 7. The van der Waals surface area contributed by atoms with Gasteiger partial charge >= 0.3 is 11.9 Å². The van der Waals surface area contributed by atoms with E-state index >= 15 is 0 Å². The first-order chi connectivity index (χ1) is 9.79. The summed E-state index contributed by atoms with van der Waals surface area (Å²) in [6.45, 7) is 1.64. The third-order valence-corrected chi connectivity index (χ3v) is 3.48. The van der Waals surface area contributed by atoms with Crippen molar-refractivity contribution in [1.29, 1.82) is 0 Å². The van der Waals surface area contributed by atoms with E-state index in [0.717, 1.165) is 0 Å². The fourth-order valence-electron chi connectivity index (χ4n) is 1.50. The molecule has 0 saturated heterocycles. The van der Waals surface area contributed by atoms with Gasteiger partial charge in [-0.1, -0.05) is 0 Å².